The number of halogens is 6. The van der Waals surface area contributed by atoms with Crippen LogP contribution in [0, 0.1) is 0 Å². The van der Waals surface area contributed by atoms with Crippen molar-refractivity contribution in [1.29, 1.82) is 0 Å². The summed E-state index contributed by atoms with van der Waals surface area (Å²) < 4.78 is 77.2. The highest BCUT2D eigenvalue weighted by Crippen LogP contribution is 2.43. The first-order valence-electron chi connectivity index (χ1n) is 5.80. The topological polar surface area (TPSA) is 23.5 Å². The number of alkyl halides is 6. The Hall–Kier alpha value is -1.44. The van der Waals surface area contributed by atoms with E-state index in [0.717, 1.165) is 6.07 Å². The second-order valence-corrected chi connectivity index (χ2v) is 4.56. The molecule has 0 saturated carbocycles. The van der Waals surface area contributed by atoms with Gasteiger partial charge in [0, 0.05) is 5.69 Å². The molecule has 1 aliphatic heterocycles. The van der Waals surface area contributed by atoms with Crippen LogP contribution in [0.15, 0.2) is 18.2 Å². The Labute approximate surface area is 110 Å². The van der Waals surface area contributed by atoms with E-state index in [4.69, 9.17) is 5.11 Å². The quantitative estimate of drug-likeness (QED) is 0.635. The fraction of sp³-hybridized carbons (Fsp3) is 0.500. The van der Waals surface area contributed by atoms with Gasteiger partial charge in [0.2, 0.25) is 0 Å². The van der Waals surface area contributed by atoms with Gasteiger partial charge in [0.1, 0.15) is 6.04 Å². The molecule has 1 aromatic rings. The Morgan fingerprint density at radius 1 is 1.15 bits per heavy atom. The van der Waals surface area contributed by atoms with Gasteiger partial charge in [-0.05, 0) is 30.0 Å². The van der Waals surface area contributed by atoms with Gasteiger partial charge in [-0.25, -0.2) is 0 Å². The Morgan fingerprint density at radius 3 is 2.30 bits per heavy atom. The third-order valence-electron chi connectivity index (χ3n) is 3.24. The number of hydrogen-bond donors (Lipinski definition) is 1. The summed E-state index contributed by atoms with van der Waals surface area (Å²) in [7, 11) is 0. The number of fused-ring (bicyclic) bond motifs is 1. The lowest BCUT2D eigenvalue weighted by molar-refractivity contribution is -0.194. The van der Waals surface area contributed by atoms with Crippen LogP contribution in [0.5, 0.6) is 0 Å². The summed E-state index contributed by atoms with van der Waals surface area (Å²) in [6.45, 7) is -0.373. The van der Waals surface area contributed by atoms with Crippen LogP contribution in [0.25, 0.3) is 0 Å². The maximum atomic E-state index is 13.0. The minimum Gasteiger partial charge on any atom is -0.392 e. The molecule has 20 heavy (non-hydrogen) atoms. The molecule has 0 bridgehead atoms. The molecular formula is C12H11F6NO. The first kappa shape index (κ1) is 15.0. The number of aryl methyl sites for hydroxylation is 1. The average molecular weight is 299 g/mol. The van der Waals surface area contributed by atoms with Crippen LogP contribution in [0.2, 0.25) is 0 Å². The van der Waals surface area contributed by atoms with Crippen LogP contribution >= 0.6 is 0 Å². The Bertz CT molecular complexity index is 496. The number of aliphatic hydroxyl groups is 1. The SMILES string of the molecule is OCc1ccc2c(c1)CCC(C(F)(F)F)N2C(F)(F)F. The molecule has 0 saturated heterocycles. The maximum Gasteiger partial charge on any atom is 0.485 e. The molecule has 1 N–H and O–H groups in total. The summed E-state index contributed by atoms with van der Waals surface area (Å²) in [4.78, 5) is -0.535. The number of benzene rings is 1. The molecule has 0 fully saturated rings. The smallest absolute Gasteiger partial charge is 0.392 e. The third-order valence-corrected chi connectivity index (χ3v) is 3.24. The van der Waals surface area contributed by atoms with Crippen LogP contribution in [0.4, 0.5) is 32.0 Å². The molecule has 2 rings (SSSR count). The standard InChI is InChI=1S/C12H11F6NO/c13-11(14,15)10-4-2-8-5-7(6-20)1-3-9(8)19(10)12(16,17)18/h1,3,5,10,20H,2,4,6H2. The monoisotopic (exact) mass is 299 g/mol. The molecule has 1 heterocycles. The lowest BCUT2D eigenvalue weighted by Gasteiger charge is -2.40. The molecule has 1 aliphatic rings. The van der Waals surface area contributed by atoms with Crippen molar-refractivity contribution in [2.75, 3.05) is 4.90 Å². The number of nitrogens with zero attached hydrogens (tertiary/aromatic N) is 1. The molecule has 8 heteroatoms. The van der Waals surface area contributed by atoms with Crippen molar-refractivity contribution in [2.24, 2.45) is 0 Å². The molecule has 1 atom stereocenters. The molecule has 1 unspecified atom stereocenters. The summed E-state index contributed by atoms with van der Waals surface area (Å²) in [5, 5.41) is 8.93. The molecule has 0 amide bonds. The number of anilines is 1. The van der Waals surface area contributed by atoms with Crippen molar-refractivity contribution in [3.8, 4) is 0 Å². The van der Waals surface area contributed by atoms with Gasteiger partial charge in [-0.1, -0.05) is 12.1 Å². The first-order valence-corrected chi connectivity index (χ1v) is 5.80. The summed E-state index contributed by atoms with van der Waals surface area (Å²) in [6.07, 6.45) is -10.8. The Morgan fingerprint density at radius 2 is 1.80 bits per heavy atom. The van der Waals surface area contributed by atoms with E-state index in [9.17, 15) is 26.3 Å². The number of rotatable bonds is 1. The highest BCUT2D eigenvalue weighted by Gasteiger charge is 2.54. The lowest BCUT2D eigenvalue weighted by atomic mass is 9.94. The fourth-order valence-electron chi connectivity index (χ4n) is 2.39. The van der Waals surface area contributed by atoms with Crippen LogP contribution in [-0.4, -0.2) is 23.6 Å². The van der Waals surface area contributed by atoms with Gasteiger partial charge in [0.05, 0.1) is 6.61 Å². The molecule has 1 aromatic carbocycles. The zero-order valence-electron chi connectivity index (χ0n) is 10.1. The van der Waals surface area contributed by atoms with Crippen LogP contribution in [-0.2, 0) is 13.0 Å². The minimum absolute atomic E-state index is 0.111. The molecule has 0 aliphatic carbocycles. The van der Waals surface area contributed by atoms with Crippen molar-refractivity contribution in [3.63, 3.8) is 0 Å². The second-order valence-electron chi connectivity index (χ2n) is 4.56. The van der Waals surface area contributed by atoms with E-state index in [1.54, 1.807) is 0 Å². The summed E-state index contributed by atoms with van der Waals surface area (Å²) in [6, 6.07) is 0.901. The molecular weight excluding hydrogens is 288 g/mol. The first-order chi connectivity index (χ1) is 9.14. The summed E-state index contributed by atoms with van der Waals surface area (Å²) >= 11 is 0. The van der Waals surface area contributed by atoms with Crippen molar-refractivity contribution in [1.82, 2.24) is 0 Å². The van der Waals surface area contributed by atoms with E-state index in [-0.39, 0.29) is 18.6 Å². The number of hydrogen-bond acceptors (Lipinski definition) is 2. The zero-order valence-corrected chi connectivity index (χ0v) is 10.1. The van der Waals surface area contributed by atoms with Crippen molar-refractivity contribution >= 4 is 5.69 Å². The summed E-state index contributed by atoms with van der Waals surface area (Å²) in [5.41, 5.74) is 0.0361. The molecule has 112 valence electrons. The van der Waals surface area contributed by atoms with Gasteiger partial charge >= 0.3 is 12.5 Å². The van der Waals surface area contributed by atoms with Gasteiger partial charge in [-0.15, -0.1) is 0 Å². The lowest BCUT2D eigenvalue weighted by Crippen LogP contribution is -2.55. The number of aliphatic hydroxyl groups excluding tert-OH is 1. The summed E-state index contributed by atoms with van der Waals surface area (Å²) in [5.74, 6) is 0. The molecule has 0 radical (unpaired) electrons. The zero-order chi connectivity index (χ0) is 15.1. The van der Waals surface area contributed by atoms with Crippen LogP contribution < -0.4 is 4.90 Å². The molecule has 2 nitrogen and oxygen atoms in total. The highest BCUT2D eigenvalue weighted by molar-refractivity contribution is 5.58. The van der Waals surface area contributed by atoms with E-state index in [1.807, 2.05) is 0 Å². The van der Waals surface area contributed by atoms with Crippen LogP contribution in [0.3, 0.4) is 0 Å². The Kier molecular flexibility index (Phi) is 3.62. The molecule has 0 aromatic heterocycles. The van der Waals surface area contributed by atoms with Gasteiger partial charge in [0.15, 0.2) is 0 Å². The fourth-order valence-corrected chi connectivity index (χ4v) is 2.39. The largest absolute Gasteiger partial charge is 0.485 e. The average Bonchev–Trinajstić information content (AvgIpc) is 2.34. The normalized spacial score (nSPS) is 19.9. The van der Waals surface area contributed by atoms with E-state index in [2.05, 4.69) is 0 Å². The second kappa shape index (κ2) is 4.83. The van der Waals surface area contributed by atoms with Crippen LogP contribution in [0.1, 0.15) is 17.5 Å². The van der Waals surface area contributed by atoms with E-state index in [0.29, 0.717) is 5.56 Å². The van der Waals surface area contributed by atoms with Crippen molar-refractivity contribution in [3.05, 3.63) is 29.3 Å². The highest BCUT2D eigenvalue weighted by atomic mass is 19.4. The van der Waals surface area contributed by atoms with Gasteiger partial charge < -0.3 is 5.11 Å². The maximum absolute atomic E-state index is 13.0. The minimum atomic E-state index is -5.11. The predicted molar refractivity (Wildman–Crippen MR) is 59.1 cm³/mol. The van der Waals surface area contributed by atoms with E-state index in [1.165, 1.54) is 12.1 Å². The van der Waals surface area contributed by atoms with Gasteiger partial charge in [0.25, 0.3) is 0 Å². The van der Waals surface area contributed by atoms with Gasteiger partial charge in [-0.3, -0.25) is 4.90 Å². The van der Waals surface area contributed by atoms with Crippen molar-refractivity contribution in [2.45, 2.75) is 38.0 Å². The Balaban J connectivity index is 2.51. The van der Waals surface area contributed by atoms with Crippen molar-refractivity contribution < 1.29 is 31.4 Å². The van der Waals surface area contributed by atoms with E-state index >= 15 is 0 Å². The predicted octanol–water partition coefficient (Wildman–Crippen LogP) is 3.38. The molecule has 0 spiro atoms. The van der Waals surface area contributed by atoms with Gasteiger partial charge in [-0.2, -0.15) is 26.3 Å². The third kappa shape index (κ3) is 2.70. The van der Waals surface area contributed by atoms with E-state index < -0.39 is 35.5 Å².